The van der Waals surface area contributed by atoms with Crippen LogP contribution in [0.5, 0.6) is 0 Å². The summed E-state index contributed by atoms with van der Waals surface area (Å²) in [6.45, 7) is 2.16. The first-order valence-electron chi connectivity index (χ1n) is 5.71. The van der Waals surface area contributed by atoms with E-state index in [9.17, 15) is 9.18 Å². The van der Waals surface area contributed by atoms with Gasteiger partial charge in [0, 0.05) is 19.3 Å². The van der Waals surface area contributed by atoms with Crippen molar-refractivity contribution in [3.63, 3.8) is 0 Å². The van der Waals surface area contributed by atoms with Crippen molar-refractivity contribution in [2.24, 2.45) is 5.73 Å². The summed E-state index contributed by atoms with van der Waals surface area (Å²) in [5, 5.41) is 0. The van der Waals surface area contributed by atoms with Crippen molar-refractivity contribution in [1.29, 1.82) is 0 Å². The summed E-state index contributed by atoms with van der Waals surface area (Å²) in [6.07, 6.45) is 0.423. The lowest BCUT2D eigenvalue weighted by atomic mass is 9.99. The van der Waals surface area contributed by atoms with Gasteiger partial charge >= 0.3 is 5.97 Å². The molecule has 18 heavy (non-hydrogen) atoms. The molecule has 4 nitrogen and oxygen atoms in total. The number of esters is 1. The van der Waals surface area contributed by atoms with Crippen LogP contribution in [0, 0.1) is 5.82 Å². The van der Waals surface area contributed by atoms with E-state index in [4.69, 9.17) is 5.73 Å². The fraction of sp³-hybridized carbons (Fsp3) is 0.462. The molecule has 0 saturated heterocycles. The average molecular weight is 254 g/mol. The van der Waals surface area contributed by atoms with Crippen LogP contribution < -0.4 is 10.6 Å². The summed E-state index contributed by atoms with van der Waals surface area (Å²) >= 11 is 0. The van der Waals surface area contributed by atoms with E-state index in [1.807, 2.05) is 11.9 Å². The Morgan fingerprint density at radius 3 is 2.78 bits per heavy atom. The molecule has 0 aliphatic heterocycles. The quantitative estimate of drug-likeness (QED) is 0.810. The monoisotopic (exact) mass is 254 g/mol. The van der Waals surface area contributed by atoms with Crippen molar-refractivity contribution < 1.29 is 13.9 Å². The second-order valence-electron chi connectivity index (χ2n) is 4.56. The van der Waals surface area contributed by atoms with E-state index in [1.54, 1.807) is 19.1 Å². The van der Waals surface area contributed by atoms with Gasteiger partial charge in [0.05, 0.1) is 7.11 Å². The molecule has 5 heteroatoms. The van der Waals surface area contributed by atoms with Gasteiger partial charge in [0.2, 0.25) is 0 Å². The number of methoxy groups -OCH3 is 1. The molecule has 1 unspecified atom stereocenters. The maximum atomic E-state index is 13.1. The van der Waals surface area contributed by atoms with E-state index in [0.29, 0.717) is 13.0 Å². The van der Waals surface area contributed by atoms with Gasteiger partial charge < -0.3 is 15.4 Å². The highest BCUT2D eigenvalue weighted by Crippen LogP contribution is 2.16. The van der Waals surface area contributed by atoms with Crippen LogP contribution >= 0.6 is 0 Å². The zero-order valence-electron chi connectivity index (χ0n) is 10.9. The lowest BCUT2D eigenvalue weighted by Gasteiger charge is -2.26. The van der Waals surface area contributed by atoms with E-state index in [1.165, 1.54) is 19.2 Å². The van der Waals surface area contributed by atoms with Gasteiger partial charge in [0.25, 0.3) is 0 Å². The highest BCUT2D eigenvalue weighted by Gasteiger charge is 2.29. The van der Waals surface area contributed by atoms with E-state index >= 15 is 0 Å². The Morgan fingerprint density at radius 1 is 1.56 bits per heavy atom. The fourth-order valence-electron chi connectivity index (χ4n) is 1.58. The number of benzene rings is 1. The lowest BCUT2D eigenvalue weighted by Crippen LogP contribution is -2.47. The van der Waals surface area contributed by atoms with Crippen molar-refractivity contribution >= 4 is 11.7 Å². The molecule has 0 fully saturated rings. The topological polar surface area (TPSA) is 55.6 Å². The number of hydrogen-bond acceptors (Lipinski definition) is 4. The molecule has 2 N–H and O–H groups in total. The predicted molar refractivity (Wildman–Crippen MR) is 68.9 cm³/mol. The number of carbonyl (C=O) groups is 1. The molecule has 0 aliphatic carbocycles. The van der Waals surface area contributed by atoms with Crippen LogP contribution in [0.3, 0.4) is 0 Å². The molecule has 0 aliphatic rings. The molecule has 1 aromatic carbocycles. The molecule has 0 bridgehead atoms. The second-order valence-corrected chi connectivity index (χ2v) is 4.56. The van der Waals surface area contributed by atoms with Gasteiger partial charge in [-0.15, -0.1) is 0 Å². The van der Waals surface area contributed by atoms with Gasteiger partial charge in [-0.05, 0) is 31.5 Å². The molecule has 0 heterocycles. The normalized spacial score (nSPS) is 13.8. The molecular weight excluding hydrogens is 235 g/mol. The first-order valence-corrected chi connectivity index (χ1v) is 5.71. The first-order chi connectivity index (χ1) is 8.36. The highest BCUT2D eigenvalue weighted by molar-refractivity contribution is 5.79. The number of nitrogens with two attached hydrogens (primary N) is 1. The predicted octanol–water partition coefficient (Wildman–Crippen LogP) is 1.54. The van der Waals surface area contributed by atoms with E-state index in [-0.39, 0.29) is 5.82 Å². The third kappa shape index (κ3) is 3.70. The summed E-state index contributed by atoms with van der Waals surface area (Å²) < 4.78 is 17.7. The minimum atomic E-state index is -1.03. The van der Waals surface area contributed by atoms with Crippen LogP contribution in [-0.2, 0) is 9.53 Å². The van der Waals surface area contributed by atoms with Crippen molar-refractivity contribution in [3.05, 3.63) is 30.1 Å². The largest absolute Gasteiger partial charge is 0.468 e. The molecule has 1 aromatic rings. The van der Waals surface area contributed by atoms with Crippen LogP contribution in [0.1, 0.15) is 13.3 Å². The van der Waals surface area contributed by atoms with Gasteiger partial charge in [0.15, 0.2) is 0 Å². The molecule has 100 valence electrons. The summed E-state index contributed by atoms with van der Waals surface area (Å²) in [5.74, 6) is -0.738. The summed E-state index contributed by atoms with van der Waals surface area (Å²) in [5.41, 5.74) is 5.57. The molecule has 1 rings (SSSR count). The third-order valence-electron chi connectivity index (χ3n) is 2.87. The molecule has 0 saturated carbocycles. The Kier molecular flexibility index (Phi) is 4.67. The van der Waals surface area contributed by atoms with Crippen LogP contribution in [0.25, 0.3) is 0 Å². The maximum absolute atomic E-state index is 13.1. The summed E-state index contributed by atoms with van der Waals surface area (Å²) in [4.78, 5) is 13.3. The van der Waals surface area contributed by atoms with Crippen molar-refractivity contribution in [3.8, 4) is 0 Å². The number of rotatable bonds is 5. The van der Waals surface area contributed by atoms with Gasteiger partial charge in [-0.25, -0.2) is 4.39 Å². The van der Waals surface area contributed by atoms with Crippen molar-refractivity contribution in [1.82, 2.24) is 0 Å². The second kappa shape index (κ2) is 5.82. The minimum absolute atomic E-state index is 0.289. The minimum Gasteiger partial charge on any atom is -0.468 e. The molecule has 1 atom stereocenters. The zero-order valence-corrected chi connectivity index (χ0v) is 10.9. The Hall–Kier alpha value is -1.62. The molecule has 0 amide bonds. The number of carbonyl (C=O) groups excluding carboxylic acids is 1. The Labute approximate surface area is 107 Å². The van der Waals surface area contributed by atoms with Crippen molar-refractivity contribution in [2.45, 2.75) is 18.9 Å². The van der Waals surface area contributed by atoms with Crippen LogP contribution in [0.2, 0.25) is 0 Å². The van der Waals surface area contributed by atoms with E-state index in [2.05, 4.69) is 4.74 Å². The Bertz CT molecular complexity index is 421. The Morgan fingerprint density at radius 2 is 2.22 bits per heavy atom. The standard InChI is InChI=1S/C13H19FN2O2/c1-13(15,12(17)18-3)7-8-16(2)11-6-4-5-10(14)9-11/h4-6,9H,7-8,15H2,1-3H3. The van der Waals surface area contributed by atoms with E-state index < -0.39 is 11.5 Å². The van der Waals surface area contributed by atoms with Gasteiger partial charge in [-0.3, -0.25) is 4.79 Å². The highest BCUT2D eigenvalue weighted by atomic mass is 19.1. The lowest BCUT2D eigenvalue weighted by molar-refractivity contribution is -0.146. The van der Waals surface area contributed by atoms with Gasteiger partial charge in [-0.1, -0.05) is 6.07 Å². The number of anilines is 1. The Balaban J connectivity index is 2.61. The molecular formula is C13H19FN2O2. The summed E-state index contributed by atoms with van der Waals surface area (Å²) in [7, 11) is 3.13. The number of nitrogens with zero attached hydrogens (tertiary/aromatic N) is 1. The number of halogens is 1. The van der Waals surface area contributed by atoms with E-state index in [0.717, 1.165) is 5.69 Å². The van der Waals surface area contributed by atoms with Gasteiger partial charge in [-0.2, -0.15) is 0 Å². The first kappa shape index (κ1) is 14.4. The SMILES string of the molecule is COC(=O)C(C)(N)CCN(C)c1cccc(F)c1. The molecule has 0 radical (unpaired) electrons. The number of hydrogen-bond donors (Lipinski definition) is 1. The van der Waals surface area contributed by atoms with Gasteiger partial charge in [0.1, 0.15) is 11.4 Å². The third-order valence-corrected chi connectivity index (χ3v) is 2.87. The molecule has 0 spiro atoms. The zero-order chi connectivity index (χ0) is 13.8. The smallest absolute Gasteiger partial charge is 0.325 e. The van der Waals surface area contributed by atoms with Crippen LogP contribution in [-0.4, -0.2) is 32.2 Å². The van der Waals surface area contributed by atoms with Crippen LogP contribution in [0.4, 0.5) is 10.1 Å². The maximum Gasteiger partial charge on any atom is 0.325 e. The molecule has 0 aromatic heterocycles. The summed E-state index contributed by atoms with van der Waals surface area (Å²) in [6, 6.07) is 6.27. The number of ether oxygens (including phenoxy) is 1. The van der Waals surface area contributed by atoms with Crippen LogP contribution in [0.15, 0.2) is 24.3 Å². The average Bonchev–Trinajstić information content (AvgIpc) is 2.35. The fourth-order valence-corrected chi connectivity index (χ4v) is 1.58. The van der Waals surface area contributed by atoms with Crippen molar-refractivity contribution in [2.75, 3.05) is 25.6 Å².